The fourth-order valence-electron chi connectivity index (χ4n) is 2.10. The normalized spacial score (nSPS) is 18.9. The van der Waals surface area contributed by atoms with E-state index in [0.717, 1.165) is 17.3 Å². The fourth-order valence-corrected chi connectivity index (χ4v) is 2.10. The van der Waals surface area contributed by atoms with Gasteiger partial charge in [-0.25, -0.2) is 9.97 Å². The molecule has 92 valence electrons. The van der Waals surface area contributed by atoms with Crippen LogP contribution in [0, 0.1) is 0 Å². The lowest BCUT2D eigenvalue weighted by Gasteiger charge is -2.11. The van der Waals surface area contributed by atoms with Gasteiger partial charge in [0.15, 0.2) is 0 Å². The number of anilines is 1. The van der Waals surface area contributed by atoms with Crippen LogP contribution in [-0.4, -0.2) is 28.5 Å². The van der Waals surface area contributed by atoms with Crippen molar-refractivity contribution >= 4 is 22.8 Å². The van der Waals surface area contributed by atoms with E-state index in [1.165, 1.54) is 0 Å². The predicted molar refractivity (Wildman–Crippen MR) is 69.2 cm³/mol. The smallest absolute Gasteiger partial charge is 0.223 e. The molecule has 1 aliphatic rings. The second kappa shape index (κ2) is 4.60. The molecule has 2 heterocycles. The van der Waals surface area contributed by atoms with E-state index in [9.17, 15) is 4.79 Å². The first-order valence-electron chi connectivity index (χ1n) is 6.06. The second-order valence-corrected chi connectivity index (χ2v) is 4.44. The Balaban J connectivity index is 1.69. The summed E-state index contributed by atoms with van der Waals surface area (Å²) in [6.45, 7) is 0.671. The summed E-state index contributed by atoms with van der Waals surface area (Å²) in [5.74, 6) is 0.732. The molecule has 0 aliphatic carbocycles. The summed E-state index contributed by atoms with van der Waals surface area (Å²) < 4.78 is 0. The van der Waals surface area contributed by atoms with E-state index in [2.05, 4.69) is 20.6 Å². The SMILES string of the molecule is O=C1CCC(CNc2ncc3ccccc3n2)N1. The number of carbonyl (C=O) groups excluding carboxylic acids is 1. The molecular weight excluding hydrogens is 228 g/mol. The fraction of sp³-hybridized carbons (Fsp3) is 0.308. The Morgan fingerprint density at radius 1 is 1.39 bits per heavy atom. The standard InChI is InChI=1S/C13H14N4O/c18-12-6-5-10(16-12)8-15-13-14-7-9-3-1-2-4-11(9)17-13/h1-4,7,10H,5-6,8H2,(H,16,18)(H,14,15,17). The van der Waals surface area contributed by atoms with Crippen LogP contribution >= 0.6 is 0 Å². The monoisotopic (exact) mass is 242 g/mol. The van der Waals surface area contributed by atoms with E-state index >= 15 is 0 Å². The van der Waals surface area contributed by atoms with Gasteiger partial charge in [0.25, 0.3) is 0 Å². The van der Waals surface area contributed by atoms with Crippen molar-refractivity contribution in [1.82, 2.24) is 15.3 Å². The summed E-state index contributed by atoms with van der Waals surface area (Å²) in [7, 11) is 0. The Labute approximate surface area is 105 Å². The lowest BCUT2D eigenvalue weighted by molar-refractivity contribution is -0.119. The first kappa shape index (κ1) is 11.0. The Hall–Kier alpha value is -2.17. The predicted octanol–water partition coefficient (Wildman–Crippen LogP) is 1.32. The number of para-hydroxylation sites is 1. The maximum Gasteiger partial charge on any atom is 0.223 e. The zero-order valence-corrected chi connectivity index (χ0v) is 9.89. The molecular formula is C13H14N4O. The van der Waals surface area contributed by atoms with E-state index in [1.807, 2.05) is 24.3 Å². The molecule has 1 aromatic heterocycles. The van der Waals surface area contributed by atoms with Gasteiger partial charge in [-0.15, -0.1) is 0 Å². The van der Waals surface area contributed by atoms with Gasteiger partial charge in [0.1, 0.15) is 0 Å². The maximum absolute atomic E-state index is 11.1. The summed E-state index contributed by atoms with van der Waals surface area (Å²) in [6.07, 6.45) is 3.29. The quantitative estimate of drug-likeness (QED) is 0.852. The van der Waals surface area contributed by atoms with E-state index in [-0.39, 0.29) is 11.9 Å². The zero-order valence-electron chi connectivity index (χ0n) is 9.89. The number of hydrogen-bond donors (Lipinski definition) is 2. The molecule has 0 spiro atoms. The molecule has 0 saturated carbocycles. The van der Waals surface area contributed by atoms with Crippen molar-refractivity contribution in [3.63, 3.8) is 0 Å². The summed E-state index contributed by atoms with van der Waals surface area (Å²) in [5.41, 5.74) is 0.922. The highest BCUT2D eigenvalue weighted by Gasteiger charge is 2.20. The number of aromatic nitrogens is 2. The van der Waals surface area contributed by atoms with Crippen LogP contribution in [0.25, 0.3) is 10.9 Å². The van der Waals surface area contributed by atoms with Crippen LogP contribution < -0.4 is 10.6 Å². The number of hydrogen-bond acceptors (Lipinski definition) is 4. The van der Waals surface area contributed by atoms with Gasteiger partial charge < -0.3 is 10.6 Å². The van der Waals surface area contributed by atoms with Gasteiger partial charge in [0, 0.05) is 30.6 Å². The number of nitrogens with zero attached hydrogens (tertiary/aromatic N) is 2. The van der Waals surface area contributed by atoms with Crippen molar-refractivity contribution < 1.29 is 4.79 Å². The average molecular weight is 242 g/mol. The molecule has 1 saturated heterocycles. The molecule has 5 nitrogen and oxygen atoms in total. The third kappa shape index (κ3) is 2.25. The van der Waals surface area contributed by atoms with Crippen molar-refractivity contribution in [2.24, 2.45) is 0 Å². The van der Waals surface area contributed by atoms with Crippen molar-refractivity contribution in [3.8, 4) is 0 Å². The summed E-state index contributed by atoms with van der Waals surface area (Å²) >= 11 is 0. The number of amides is 1. The minimum Gasteiger partial charge on any atom is -0.352 e. The summed E-state index contributed by atoms with van der Waals surface area (Å²) in [5, 5.41) is 7.09. The molecule has 2 aromatic rings. The summed E-state index contributed by atoms with van der Waals surface area (Å²) in [4.78, 5) is 19.7. The highest BCUT2D eigenvalue weighted by Crippen LogP contribution is 2.12. The largest absolute Gasteiger partial charge is 0.352 e. The number of rotatable bonds is 3. The van der Waals surface area contributed by atoms with Crippen molar-refractivity contribution in [3.05, 3.63) is 30.5 Å². The Morgan fingerprint density at radius 2 is 2.28 bits per heavy atom. The van der Waals surface area contributed by atoms with E-state index < -0.39 is 0 Å². The topological polar surface area (TPSA) is 66.9 Å². The van der Waals surface area contributed by atoms with Crippen LogP contribution in [0.15, 0.2) is 30.5 Å². The van der Waals surface area contributed by atoms with Gasteiger partial charge >= 0.3 is 0 Å². The molecule has 1 aromatic carbocycles. The third-order valence-electron chi connectivity index (χ3n) is 3.08. The summed E-state index contributed by atoms with van der Waals surface area (Å²) in [6, 6.07) is 8.05. The average Bonchev–Trinajstić information content (AvgIpc) is 2.82. The molecule has 1 aliphatic heterocycles. The van der Waals surface area contributed by atoms with Gasteiger partial charge in [0.2, 0.25) is 11.9 Å². The van der Waals surface area contributed by atoms with Gasteiger partial charge in [-0.2, -0.15) is 0 Å². The van der Waals surface area contributed by atoms with Crippen molar-refractivity contribution in [1.29, 1.82) is 0 Å². The molecule has 0 radical (unpaired) electrons. The van der Waals surface area contributed by atoms with Gasteiger partial charge in [-0.3, -0.25) is 4.79 Å². The van der Waals surface area contributed by atoms with Crippen LogP contribution in [0.5, 0.6) is 0 Å². The first-order valence-corrected chi connectivity index (χ1v) is 6.06. The molecule has 0 bridgehead atoms. The lowest BCUT2D eigenvalue weighted by Crippen LogP contribution is -2.32. The van der Waals surface area contributed by atoms with Gasteiger partial charge in [0.05, 0.1) is 5.52 Å². The molecule has 1 amide bonds. The lowest BCUT2D eigenvalue weighted by atomic mass is 10.2. The van der Waals surface area contributed by atoms with Crippen LogP contribution in [-0.2, 0) is 4.79 Å². The molecule has 18 heavy (non-hydrogen) atoms. The first-order chi connectivity index (χ1) is 8.81. The number of carbonyl (C=O) groups is 1. The minimum atomic E-state index is 0.126. The molecule has 1 fully saturated rings. The highest BCUT2D eigenvalue weighted by molar-refractivity contribution is 5.79. The minimum absolute atomic E-state index is 0.126. The second-order valence-electron chi connectivity index (χ2n) is 4.44. The number of nitrogens with one attached hydrogen (secondary N) is 2. The molecule has 1 atom stereocenters. The molecule has 2 N–H and O–H groups in total. The van der Waals surface area contributed by atoms with Gasteiger partial charge in [-0.1, -0.05) is 18.2 Å². The molecule has 5 heteroatoms. The van der Waals surface area contributed by atoms with Crippen LogP contribution in [0.2, 0.25) is 0 Å². The Bertz CT molecular complexity index is 584. The van der Waals surface area contributed by atoms with E-state index in [1.54, 1.807) is 6.20 Å². The molecule has 1 unspecified atom stereocenters. The zero-order chi connectivity index (χ0) is 12.4. The Kier molecular flexibility index (Phi) is 2.80. The van der Waals surface area contributed by atoms with Crippen molar-refractivity contribution in [2.45, 2.75) is 18.9 Å². The maximum atomic E-state index is 11.1. The van der Waals surface area contributed by atoms with Crippen molar-refractivity contribution in [2.75, 3.05) is 11.9 Å². The molecule has 3 rings (SSSR count). The van der Waals surface area contributed by atoms with E-state index in [4.69, 9.17) is 0 Å². The Morgan fingerprint density at radius 3 is 3.11 bits per heavy atom. The van der Waals surface area contributed by atoms with Crippen LogP contribution in [0.4, 0.5) is 5.95 Å². The number of benzene rings is 1. The highest BCUT2D eigenvalue weighted by atomic mass is 16.1. The van der Waals surface area contributed by atoms with Crippen LogP contribution in [0.1, 0.15) is 12.8 Å². The van der Waals surface area contributed by atoms with Gasteiger partial charge in [-0.05, 0) is 12.5 Å². The third-order valence-corrected chi connectivity index (χ3v) is 3.08. The van der Waals surface area contributed by atoms with E-state index in [0.29, 0.717) is 18.9 Å². The number of fused-ring (bicyclic) bond motifs is 1. The van der Waals surface area contributed by atoms with Crippen LogP contribution in [0.3, 0.4) is 0 Å².